The first-order valence-corrected chi connectivity index (χ1v) is 19.8. The van der Waals surface area contributed by atoms with E-state index in [1.165, 1.54) is 29.9 Å². The van der Waals surface area contributed by atoms with Gasteiger partial charge in [-0.05, 0) is 22.3 Å². The van der Waals surface area contributed by atoms with Crippen LogP contribution in [0.3, 0.4) is 0 Å². The number of anilines is 1. The van der Waals surface area contributed by atoms with Gasteiger partial charge in [-0.3, -0.25) is 19.9 Å². The van der Waals surface area contributed by atoms with E-state index < -0.39 is 54.2 Å². The van der Waals surface area contributed by atoms with Crippen LogP contribution in [0.1, 0.15) is 29.8 Å². The lowest BCUT2D eigenvalue weighted by molar-refractivity contribution is -0.169. The minimum absolute atomic E-state index is 0.0116. The largest absolute Gasteiger partial charge is 0.511 e. The van der Waals surface area contributed by atoms with E-state index >= 15 is 0 Å². The summed E-state index contributed by atoms with van der Waals surface area (Å²) >= 11 is 1.98. The molecule has 0 bridgehead atoms. The number of fused-ring (bicyclic) bond motifs is 4. The number of hydrogen-bond donors (Lipinski definition) is 4. The van der Waals surface area contributed by atoms with Crippen LogP contribution in [0.2, 0.25) is 0 Å². The molecule has 1 aromatic heterocycles. The number of carbonyl (C=O) groups excluding carboxylic acids is 4. The van der Waals surface area contributed by atoms with E-state index in [2.05, 4.69) is 35.1 Å². The summed E-state index contributed by atoms with van der Waals surface area (Å²) in [6.07, 6.45) is -1.18. The molecule has 7 rings (SSSR count). The number of β-lactam (4-membered cyclic amide) rings is 1. The Morgan fingerprint density at radius 1 is 1.14 bits per heavy atom. The van der Waals surface area contributed by atoms with Crippen LogP contribution >= 0.6 is 23.3 Å². The Kier molecular flexibility index (Phi) is 12.1. The first-order valence-electron chi connectivity index (χ1n) is 17.9. The summed E-state index contributed by atoms with van der Waals surface area (Å²) in [4.78, 5) is 65.2. The van der Waals surface area contributed by atoms with Crippen LogP contribution in [-0.2, 0) is 33.4 Å². The number of ether oxygens (including phenoxy) is 3. The highest BCUT2D eigenvalue weighted by Crippen LogP contribution is 2.45. The number of oxime groups is 1. The summed E-state index contributed by atoms with van der Waals surface area (Å²) in [5.41, 5.74) is 9.29. The van der Waals surface area contributed by atoms with Crippen molar-refractivity contribution in [1.82, 2.24) is 34.8 Å². The van der Waals surface area contributed by atoms with Crippen LogP contribution in [0.15, 0.2) is 70.1 Å². The fraction of sp³-hybridized carbons (Fsp3) is 0.361. The summed E-state index contributed by atoms with van der Waals surface area (Å²) in [5, 5.41) is 22.7. The zero-order valence-corrected chi connectivity index (χ0v) is 32.8. The number of rotatable bonds is 12. The molecule has 2 fully saturated rings. The number of aromatic nitrogens is 2. The summed E-state index contributed by atoms with van der Waals surface area (Å²) in [6.45, 7) is 2.56. The predicted octanol–water partition coefficient (Wildman–Crippen LogP) is 2.03. The molecule has 2 amide bonds. The number of esters is 1. The van der Waals surface area contributed by atoms with Gasteiger partial charge in [0.15, 0.2) is 5.13 Å². The molecule has 2 aromatic carbocycles. The van der Waals surface area contributed by atoms with Crippen molar-refractivity contribution in [2.45, 2.75) is 30.5 Å². The number of alkyl halides is 1. The van der Waals surface area contributed by atoms with Crippen LogP contribution in [0.25, 0.3) is 11.1 Å². The first kappa shape index (κ1) is 40.1. The van der Waals surface area contributed by atoms with Crippen molar-refractivity contribution in [3.63, 3.8) is 0 Å². The zero-order valence-electron chi connectivity index (χ0n) is 31.1. The van der Waals surface area contributed by atoms with Gasteiger partial charge in [-0.25, -0.2) is 19.0 Å². The normalized spacial score (nSPS) is 19.4. The molecule has 22 heteroatoms. The lowest BCUT2D eigenvalue weighted by atomic mass is 9.98. The van der Waals surface area contributed by atoms with Crippen molar-refractivity contribution in [3.8, 4) is 11.1 Å². The molecule has 0 radical (unpaired) electrons. The molecule has 3 aliphatic heterocycles. The zero-order chi connectivity index (χ0) is 40.9. The maximum Gasteiger partial charge on any atom is 0.511 e. The van der Waals surface area contributed by atoms with Gasteiger partial charge in [-0.1, -0.05) is 53.7 Å². The van der Waals surface area contributed by atoms with Crippen LogP contribution in [-0.4, -0.2) is 136 Å². The highest BCUT2D eigenvalue weighted by Gasteiger charge is 2.55. The van der Waals surface area contributed by atoms with Gasteiger partial charge in [-0.15, -0.1) is 11.8 Å². The van der Waals surface area contributed by atoms with Gasteiger partial charge >= 0.3 is 12.1 Å². The first-order chi connectivity index (χ1) is 28.0. The standard InChI is InChI=1S/C36H38FN11O8S2/c1-19(56-36(52)53-16-25-23-9-5-3-7-21(23)22-8-4-6-10-24(22)25)55-33(51)28-20(15-41-46(2)35(39)47-13-11-40-12-14-47)17-57-32-27(31(50)48(28)32)42-30(49)26(44-54-18-37)29-43-34(38)58-45-29/h3-10,15,19,25,27,32,39-40H,11-14,16-18H2,1-2H3,(H,42,49)(H2,38,43,45)/b39-35?,41-15+,44-26-. The van der Waals surface area contributed by atoms with E-state index in [9.17, 15) is 23.6 Å². The molecule has 0 spiro atoms. The number of halogens is 1. The molecule has 3 unspecified atom stereocenters. The third-order valence-corrected chi connectivity index (χ3v) is 11.4. The minimum Gasteiger partial charge on any atom is -0.433 e. The van der Waals surface area contributed by atoms with Crippen molar-refractivity contribution in [2.24, 2.45) is 10.3 Å². The Hall–Kier alpha value is -6.13. The lowest BCUT2D eigenvalue weighted by Crippen LogP contribution is -2.71. The lowest BCUT2D eigenvalue weighted by Gasteiger charge is -2.49. The van der Waals surface area contributed by atoms with E-state index in [0.717, 1.165) is 38.7 Å². The number of nitrogen functional groups attached to an aromatic ring is 1. The van der Waals surface area contributed by atoms with E-state index in [0.29, 0.717) is 26.2 Å². The number of nitrogens with one attached hydrogen (secondary N) is 3. The topological polar surface area (TPSA) is 239 Å². The molecule has 304 valence electrons. The summed E-state index contributed by atoms with van der Waals surface area (Å²) in [6, 6.07) is 14.5. The minimum atomic E-state index is -1.45. The maximum atomic E-state index is 13.9. The molecule has 3 aromatic rings. The molecule has 3 atom stereocenters. The van der Waals surface area contributed by atoms with Gasteiger partial charge < -0.3 is 40.3 Å². The third-order valence-electron chi connectivity index (χ3n) is 9.53. The van der Waals surface area contributed by atoms with Gasteiger partial charge in [0.05, 0.1) is 6.21 Å². The molecule has 19 nitrogen and oxygen atoms in total. The number of nitrogens with two attached hydrogens (primary N) is 1. The third kappa shape index (κ3) is 8.29. The highest BCUT2D eigenvalue weighted by atomic mass is 32.2. The maximum absolute atomic E-state index is 13.9. The number of benzene rings is 2. The van der Waals surface area contributed by atoms with Crippen LogP contribution in [0, 0.1) is 5.41 Å². The Bertz CT molecular complexity index is 2150. The summed E-state index contributed by atoms with van der Waals surface area (Å²) in [7, 11) is 1.58. The molecule has 2 saturated heterocycles. The summed E-state index contributed by atoms with van der Waals surface area (Å²) < 4.78 is 33.1. The Morgan fingerprint density at radius 3 is 2.48 bits per heavy atom. The SMILES string of the molecule is CC(OC(=O)OCC1c2ccccc2-c2ccccc21)OC(=O)C1=C(/C=N/N(C)C(=N)N2CCNCC2)CSC2C(NC(=O)/C(=N\OCF)c3nsc(N)n3)C(=O)N12. The fourth-order valence-electron chi connectivity index (χ4n) is 6.83. The summed E-state index contributed by atoms with van der Waals surface area (Å²) in [5.74, 6) is -2.91. The highest BCUT2D eigenvalue weighted by molar-refractivity contribution is 8.00. The monoisotopic (exact) mass is 835 g/mol. The number of thioether (sulfide) groups is 1. The Morgan fingerprint density at radius 2 is 1.83 bits per heavy atom. The van der Waals surface area contributed by atoms with E-state index in [4.69, 9.17) is 25.4 Å². The molecule has 0 saturated carbocycles. The second kappa shape index (κ2) is 17.6. The van der Waals surface area contributed by atoms with Crippen LogP contribution < -0.4 is 16.4 Å². The molecular formula is C36H38FN11O8S2. The average molecular weight is 836 g/mol. The smallest absolute Gasteiger partial charge is 0.433 e. The van der Waals surface area contributed by atoms with Crippen molar-refractivity contribution in [2.75, 3.05) is 58.2 Å². The number of nitrogens with zero attached hydrogens (tertiary/aromatic N) is 7. The van der Waals surface area contributed by atoms with E-state index in [1.54, 1.807) is 7.05 Å². The van der Waals surface area contributed by atoms with Gasteiger partial charge in [-0.2, -0.15) is 14.5 Å². The second-order valence-corrected chi connectivity index (χ2v) is 15.0. The molecular weight excluding hydrogens is 798 g/mol. The Labute approximate surface area is 339 Å². The molecule has 1 aliphatic carbocycles. The van der Waals surface area contributed by atoms with Gasteiger partial charge in [0.1, 0.15) is 23.7 Å². The number of hydrogen-bond acceptors (Lipinski definition) is 17. The molecule has 4 aliphatic rings. The van der Waals surface area contributed by atoms with Gasteiger partial charge in [0.2, 0.25) is 23.8 Å². The predicted molar refractivity (Wildman–Crippen MR) is 210 cm³/mol. The number of piperazine rings is 1. The van der Waals surface area contributed by atoms with Crippen LogP contribution in [0.4, 0.5) is 14.3 Å². The van der Waals surface area contributed by atoms with E-state index in [-0.39, 0.29) is 46.5 Å². The van der Waals surface area contributed by atoms with Crippen molar-refractivity contribution < 1.29 is 42.6 Å². The number of guanidine groups is 1. The second-order valence-electron chi connectivity index (χ2n) is 13.1. The average Bonchev–Trinajstić information content (AvgIpc) is 3.81. The van der Waals surface area contributed by atoms with Crippen molar-refractivity contribution >= 4 is 70.3 Å². The van der Waals surface area contributed by atoms with Gasteiger partial charge in [0.25, 0.3) is 18.7 Å². The van der Waals surface area contributed by atoms with Crippen molar-refractivity contribution in [3.05, 3.63) is 76.8 Å². The number of amides is 2. The number of hydrazone groups is 1. The molecule has 4 heterocycles. The quantitative estimate of drug-likeness (QED) is 0.0510. The van der Waals surface area contributed by atoms with Crippen molar-refractivity contribution in [1.29, 1.82) is 5.41 Å². The molecule has 58 heavy (non-hydrogen) atoms. The van der Waals surface area contributed by atoms with Gasteiger partial charge in [0, 0.05) is 68.9 Å². The van der Waals surface area contributed by atoms with E-state index in [1.807, 2.05) is 53.4 Å². The molecule has 5 N–H and O–H groups in total. The van der Waals surface area contributed by atoms with Crippen LogP contribution in [0.5, 0.6) is 0 Å². The number of carbonyl (C=O) groups is 4. The Balaban J connectivity index is 1.05. The fourth-order valence-corrected chi connectivity index (χ4v) is 8.56.